The maximum atomic E-state index is 11.0. The molecule has 0 radical (unpaired) electrons. The first-order valence-corrected chi connectivity index (χ1v) is 5.69. The number of rotatable bonds is 2. The minimum absolute atomic E-state index is 0.0895. The van der Waals surface area contributed by atoms with Crippen LogP contribution in [-0.2, 0) is 0 Å². The van der Waals surface area contributed by atoms with Crippen LogP contribution in [0, 0.1) is 10.1 Å². The number of hydrogen-bond donors (Lipinski definition) is 1. The average molecular weight is 244 g/mol. The number of hydrogen-bond acceptors (Lipinski definition) is 5. The summed E-state index contributed by atoms with van der Waals surface area (Å²) < 4.78 is 0. The first-order valence-electron chi connectivity index (χ1n) is 5.69. The van der Waals surface area contributed by atoms with Crippen molar-refractivity contribution in [1.29, 1.82) is 0 Å². The van der Waals surface area contributed by atoms with Crippen molar-refractivity contribution in [3.8, 4) is 0 Å². The van der Waals surface area contributed by atoms with Gasteiger partial charge in [-0.3, -0.25) is 15.1 Å². The lowest BCUT2D eigenvalue weighted by Crippen LogP contribution is -2.55. The normalized spacial score (nSPS) is 15.7. The molecule has 2 heterocycles. The highest BCUT2D eigenvalue weighted by atomic mass is 16.6. The summed E-state index contributed by atoms with van der Waals surface area (Å²) in [5.41, 5.74) is 7.43. The number of aromatic nitrogens is 1. The molecule has 0 saturated carbocycles. The lowest BCUT2D eigenvalue weighted by Gasteiger charge is -2.39. The Morgan fingerprint density at radius 2 is 2.17 bits per heavy atom. The average Bonchev–Trinajstić information content (AvgIpc) is 2.33. The lowest BCUT2D eigenvalue weighted by atomic mass is 10.1. The topological polar surface area (TPSA) is 85.3 Å². The quantitative estimate of drug-likeness (QED) is 0.635. The lowest BCUT2D eigenvalue weighted by molar-refractivity contribution is -0.383. The molecule has 18 heavy (non-hydrogen) atoms. The fraction of sp³-hybridized carbons (Fsp3) is 0.250. The summed E-state index contributed by atoms with van der Waals surface area (Å²) in [7, 11) is 0. The molecule has 1 fully saturated rings. The van der Waals surface area contributed by atoms with Crippen molar-refractivity contribution < 1.29 is 4.92 Å². The Morgan fingerprint density at radius 3 is 2.83 bits per heavy atom. The Bertz CT molecular complexity index is 623. The van der Waals surface area contributed by atoms with Crippen molar-refractivity contribution in [3.05, 3.63) is 40.6 Å². The summed E-state index contributed by atoms with van der Waals surface area (Å²) in [5.74, 6) is 0. The predicted molar refractivity (Wildman–Crippen MR) is 68.6 cm³/mol. The van der Waals surface area contributed by atoms with Crippen molar-refractivity contribution in [2.45, 2.75) is 6.04 Å². The molecule has 3 rings (SSSR count). The number of nitrogens with two attached hydrogens (primary N) is 1. The number of fused-ring (bicyclic) bond motifs is 1. The molecule has 2 N–H and O–H groups in total. The van der Waals surface area contributed by atoms with E-state index >= 15 is 0 Å². The minimum atomic E-state index is -0.379. The molecular weight excluding hydrogens is 232 g/mol. The molecule has 6 nitrogen and oxygen atoms in total. The van der Waals surface area contributed by atoms with Crippen LogP contribution in [0.2, 0.25) is 0 Å². The van der Waals surface area contributed by atoms with Crippen LogP contribution in [0.15, 0.2) is 30.5 Å². The standard InChI is InChI=1S/C12H12N4O2/c13-8-6-15(7-8)11-4-3-10(16(17)18)9-2-1-5-14-12(9)11/h1-5,8H,6-7,13H2. The van der Waals surface area contributed by atoms with Gasteiger partial charge in [0.1, 0.15) is 5.52 Å². The second-order valence-electron chi connectivity index (χ2n) is 4.43. The van der Waals surface area contributed by atoms with Crippen LogP contribution in [0.3, 0.4) is 0 Å². The van der Waals surface area contributed by atoms with Crippen LogP contribution in [-0.4, -0.2) is 29.0 Å². The Labute approximate surface area is 103 Å². The molecule has 0 spiro atoms. The van der Waals surface area contributed by atoms with Crippen LogP contribution in [0.4, 0.5) is 11.4 Å². The largest absolute Gasteiger partial charge is 0.367 e. The van der Waals surface area contributed by atoms with E-state index in [1.54, 1.807) is 24.4 Å². The molecule has 2 aromatic rings. The number of benzene rings is 1. The molecule has 0 amide bonds. The van der Waals surface area contributed by atoms with E-state index in [0.717, 1.165) is 18.8 Å². The molecule has 0 aliphatic carbocycles. The molecule has 1 aromatic carbocycles. The minimum Gasteiger partial charge on any atom is -0.367 e. The van der Waals surface area contributed by atoms with E-state index in [-0.39, 0.29) is 16.7 Å². The molecule has 0 unspecified atom stereocenters. The second kappa shape index (κ2) is 3.92. The molecular formula is C12H12N4O2. The Hall–Kier alpha value is -2.21. The fourth-order valence-electron chi connectivity index (χ4n) is 2.27. The van der Waals surface area contributed by atoms with Crippen LogP contribution >= 0.6 is 0 Å². The van der Waals surface area contributed by atoms with Gasteiger partial charge in [-0.2, -0.15) is 0 Å². The molecule has 6 heteroatoms. The van der Waals surface area contributed by atoms with Crippen LogP contribution in [0.5, 0.6) is 0 Å². The SMILES string of the molecule is NC1CN(c2ccc([N+](=O)[O-])c3cccnc23)C1. The van der Waals surface area contributed by atoms with E-state index in [1.807, 2.05) is 0 Å². The number of non-ortho nitro benzene ring substituents is 1. The smallest absolute Gasteiger partial charge is 0.278 e. The maximum absolute atomic E-state index is 11.0. The van der Waals surface area contributed by atoms with Gasteiger partial charge in [-0.25, -0.2) is 0 Å². The zero-order valence-corrected chi connectivity index (χ0v) is 9.61. The van der Waals surface area contributed by atoms with Gasteiger partial charge in [0, 0.05) is 31.4 Å². The number of nitro benzene ring substituents is 1. The first kappa shape index (κ1) is 10.9. The highest BCUT2D eigenvalue weighted by Gasteiger charge is 2.26. The van der Waals surface area contributed by atoms with E-state index in [9.17, 15) is 10.1 Å². The van der Waals surface area contributed by atoms with Crippen molar-refractivity contribution in [1.82, 2.24) is 4.98 Å². The Morgan fingerprint density at radius 1 is 1.39 bits per heavy atom. The van der Waals surface area contributed by atoms with E-state index in [1.165, 1.54) is 6.07 Å². The fourth-order valence-corrected chi connectivity index (χ4v) is 2.27. The van der Waals surface area contributed by atoms with E-state index < -0.39 is 0 Å². The third-order valence-electron chi connectivity index (χ3n) is 3.17. The van der Waals surface area contributed by atoms with Gasteiger partial charge in [0.25, 0.3) is 5.69 Å². The van der Waals surface area contributed by atoms with E-state index in [2.05, 4.69) is 9.88 Å². The summed E-state index contributed by atoms with van der Waals surface area (Å²) in [6.45, 7) is 1.53. The predicted octanol–water partition coefficient (Wildman–Crippen LogP) is 1.29. The second-order valence-corrected chi connectivity index (χ2v) is 4.43. The van der Waals surface area contributed by atoms with Gasteiger partial charge in [-0.1, -0.05) is 0 Å². The van der Waals surface area contributed by atoms with Gasteiger partial charge in [0.05, 0.1) is 16.0 Å². The van der Waals surface area contributed by atoms with E-state index in [4.69, 9.17) is 5.73 Å². The van der Waals surface area contributed by atoms with Crippen molar-refractivity contribution in [2.24, 2.45) is 5.73 Å². The molecule has 1 aliphatic heterocycles. The molecule has 1 aromatic heterocycles. The number of anilines is 1. The van der Waals surface area contributed by atoms with Gasteiger partial charge in [0.15, 0.2) is 0 Å². The highest BCUT2D eigenvalue weighted by Crippen LogP contribution is 2.33. The summed E-state index contributed by atoms with van der Waals surface area (Å²) >= 11 is 0. The Kier molecular flexibility index (Phi) is 2.38. The monoisotopic (exact) mass is 244 g/mol. The third kappa shape index (κ3) is 1.58. The van der Waals surface area contributed by atoms with Gasteiger partial charge >= 0.3 is 0 Å². The Balaban J connectivity index is 2.17. The van der Waals surface area contributed by atoms with Crippen molar-refractivity contribution in [2.75, 3.05) is 18.0 Å². The molecule has 1 aliphatic rings. The van der Waals surface area contributed by atoms with Crippen molar-refractivity contribution >= 4 is 22.3 Å². The number of nitrogens with zero attached hydrogens (tertiary/aromatic N) is 3. The van der Waals surface area contributed by atoms with Crippen molar-refractivity contribution in [3.63, 3.8) is 0 Å². The third-order valence-corrected chi connectivity index (χ3v) is 3.17. The van der Waals surface area contributed by atoms with Crippen LogP contribution in [0.25, 0.3) is 10.9 Å². The maximum Gasteiger partial charge on any atom is 0.278 e. The van der Waals surface area contributed by atoms with Gasteiger partial charge < -0.3 is 10.6 Å². The van der Waals surface area contributed by atoms with Gasteiger partial charge in [0.2, 0.25) is 0 Å². The summed E-state index contributed by atoms with van der Waals surface area (Å²) in [6.07, 6.45) is 1.65. The van der Waals surface area contributed by atoms with Gasteiger partial charge in [-0.15, -0.1) is 0 Å². The summed E-state index contributed by atoms with van der Waals surface area (Å²) in [6, 6.07) is 6.90. The summed E-state index contributed by atoms with van der Waals surface area (Å²) in [5, 5.41) is 11.5. The highest BCUT2D eigenvalue weighted by molar-refractivity contribution is 5.97. The van der Waals surface area contributed by atoms with Crippen LogP contribution < -0.4 is 10.6 Å². The first-order chi connectivity index (χ1) is 8.66. The molecule has 0 bridgehead atoms. The zero-order valence-electron chi connectivity index (χ0n) is 9.61. The zero-order chi connectivity index (χ0) is 12.7. The number of nitro groups is 1. The van der Waals surface area contributed by atoms with Crippen LogP contribution in [0.1, 0.15) is 0 Å². The summed E-state index contributed by atoms with van der Waals surface area (Å²) in [4.78, 5) is 16.9. The number of pyridine rings is 1. The molecule has 0 atom stereocenters. The van der Waals surface area contributed by atoms with Gasteiger partial charge in [-0.05, 0) is 18.2 Å². The molecule has 92 valence electrons. The molecule has 1 saturated heterocycles. The van der Waals surface area contributed by atoms with E-state index in [0.29, 0.717) is 10.9 Å².